The molecule has 0 aliphatic carbocycles. The van der Waals surface area contributed by atoms with Crippen LogP contribution in [0.5, 0.6) is 11.5 Å². The number of non-ortho nitro benzene ring substituents is 1. The Morgan fingerprint density at radius 1 is 1.23 bits per heavy atom. The number of anilines is 1. The second kappa shape index (κ2) is 6.40. The highest BCUT2D eigenvalue weighted by Crippen LogP contribution is 2.36. The van der Waals surface area contributed by atoms with Crippen LogP contribution in [0.15, 0.2) is 48.7 Å². The maximum Gasteiger partial charge on any atom is 0.269 e. The number of fused-ring (bicyclic) bond motifs is 1. The molecule has 1 aliphatic heterocycles. The third kappa shape index (κ3) is 2.92. The summed E-state index contributed by atoms with van der Waals surface area (Å²) in [6, 6.07) is 12.3. The quantitative estimate of drug-likeness (QED) is 0.559. The predicted octanol–water partition coefficient (Wildman–Crippen LogP) is 3.34. The monoisotopic (exact) mass is 352 g/mol. The SMILES string of the molecule is Cn1c(-c2ccc3c(c2)OCO3)cnc1NCc1cccc([N+](=O)[O-])c1. The number of nitro groups is 1. The lowest BCUT2D eigenvalue weighted by atomic mass is 10.1. The van der Waals surface area contributed by atoms with Crippen molar-refractivity contribution in [1.29, 1.82) is 0 Å². The van der Waals surface area contributed by atoms with Gasteiger partial charge < -0.3 is 19.4 Å². The zero-order valence-electron chi connectivity index (χ0n) is 14.0. The molecule has 132 valence electrons. The molecule has 2 heterocycles. The molecule has 2 aromatic carbocycles. The van der Waals surface area contributed by atoms with Crippen molar-refractivity contribution in [3.8, 4) is 22.8 Å². The smallest absolute Gasteiger partial charge is 0.269 e. The molecule has 0 spiro atoms. The molecular weight excluding hydrogens is 336 g/mol. The number of rotatable bonds is 5. The van der Waals surface area contributed by atoms with Crippen molar-refractivity contribution in [2.75, 3.05) is 12.1 Å². The lowest BCUT2D eigenvalue weighted by Crippen LogP contribution is -2.06. The van der Waals surface area contributed by atoms with Crippen LogP contribution in [0.3, 0.4) is 0 Å². The van der Waals surface area contributed by atoms with Gasteiger partial charge in [-0.05, 0) is 23.8 Å². The van der Waals surface area contributed by atoms with E-state index in [4.69, 9.17) is 9.47 Å². The number of ether oxygens (including phenoxy) is 2. The van der Waals surface area contributed by atoms with Crippen LogP contribution in [0.2, 0.25) is 0 Å². The first-order valence-corrected chi connectivity index (χ1v) is 8.01. The summed E-state index contributed by atoms with van der Waals surface area (Å²) in [6.07, 6.45) is 1.77. The molecule has 0 amide bonds. The first-order valence-electron chi connectivity index (χ1n) is 8.01. The summed E-state index contributed by atoms with van der Waals surface area (Å²) in [6.45, 7) is 0.674. The summed E-state index contributed by atoms with van der Waals surface area (Å²) in [5, 5.41) is 14.1. The second-order valence-corrected chi connectivity index (χ2v) is 5.87. The van der Waals surface area contributed by atoms with E-state index in [-0.39, 0.29) is 12.5 Å². The van der Waals surface area contributed by atoms with Gasteiger partial charge in [-0.1, -0.05) is 12.1 Å². The van der Waals surface area contributed by atoms with Crippen molar-refractivity contribution in [2.24, 2.45) is 7.05 Å². The Kier molecular flexibility index (Phi) is 3.92. The van der Waals surface area contributed by atoms with Crippen LogP contribution in [0.4, 0.5) is 11.6 Å². The van der Waals surface area contributed by atoms with Crippen molar-refractivity contribution >= 4 is 11.6 Å². The highest BCUT2D eigenvalue weighted by atomic mass is 16.7. The summed E-state index contributed by atoms with van der Waals surface area (Å²) in [7, 11) is 1.91. The highest BCUT2D eigenvalue weighted by Gasteiger charge is 2.16. The maximum absolute atomic E-state index is 10.9. The average Bonchev–Trinajstić information content (AvgIpc) is 3.26. The van der Waals surface area contributed by atoms with Gasteiger partial charge in [0.1, 0.15) is 0 Å². The van der Waals surface area contributed by atoms with E-state index in [1.165, 1.54) is 6.07 Å². The lowest BCUT2D eigenvalue weighted by Gasteiger charge is -2.09. The predicted molar refractivity (Wildman–Crippen MR) is 95.2 cm³/mol. The Hall–Kier alpha value is -3.55. The van der Waals surface area contributed by atoms with Crippen LogP contribution in [0, 0.1) is 10.1 Å². The molecule has 0 fully saturated rings. The van der Waals surface area contributed by atoms with Crippen LogP contribution >= 0.6 is 0 Å². The molecular formula is C18H16N4O4. The molecule has 8 heteroatoms. The fourth-order valence-electron chi connectivity index (χ4n) is 2.86. The molecule has 8 nitrogen and oxygen atoms in total. The standard InChI is InChI=1S/C18H16N4O4/c1-21-15(13-5-6-16-17(8-13)26-11-25-16)10-20-18(21)19-9-12-3-2-4-14(7-12)22(23)24/h2-8,10H,9,11H2,1H3,(H,19,20). The van der Waals surface area contributed by atoms with Gasteiger partial charge in [0.15, 0.2) is 11.5 Å². The Morgan fingerprint density at radius 3 is 2.92 bits per heavy atom. The van der Waals surface area contributed by atoms with Crippen molar-refractivity contribution in [3.63, 3.8) is 0 Å². The average molecular weight is 352 g/mol. The molecule has 1 aromatic heterocycles. The zero-order chi connectivity index (χ0) is 18.1. The molecule has 3 aromatic rings. The molecule has 0 saturated carbocycles. The van der Waals surface area contributed by atoms with E-state index in [1.54, 1.807) is 18.3 Å². The number of nitrogens with zero attached hydrogens (tertiary/aromatic N) is 3. The van der Waals surface area contributed by atoms with E-state index in [1.807, 2.05) is 35.9 Å². The van der Waals surface area contributed by atoms with Crippen molar-refractivity contribution in [1.82, 2.24) is 9.55 Å². The minimum atomic E-state index is -0.401. The first-order chi connectivity index (χ1) is 12.6. The molecule has 0 radical (unpaired) electrons. The first kappa shape index (κ1) is 15.9. The Morgan fingerprint density at radius 2 is 2.08 bits per heavy atom. The van der Waals surface area contributed by atoms with Crippen LogP contribution in [-0.2, 0) is 13.6 Å². The van der Waals surface area contributed by atoms with Crippen molar-refractivity contribution in [3.05, 3.63) is 64.3 Å². The maximum atomic E-state index is 10.9. The van der Waals surface area contributed by atoms with Crippen LogP contribution in [-0.4, -0.2) is 21.3 Å². The number of nitro benzene ring substituents is 1. The Labute approximate surface area is 149 Å². The van der Waals surface area contributed by atoms with Gasteiger partial charge in [-0.2, -0.15) is 0 Å². The molecule has 1 N–H and O–H groups in total. The second-order valence-electron chi connectivity index (χ2n) is 5.87. The molecule has 0 atom stereocenters. The normalized spacial score (nSPS) is 12.2. The highest BCUT2D eigenvalue weighted by molar-refractivity contribution is 5.66. The third-order valence-electron chi connectivity index (χ3n) is 4.23. The molecule has 0 unspecified atom stereocenters. The number of benzene rings is 2. The van der Waals surface area contributed by atoms with Crippen LogP contribution < -0.4 is 14.8 Å². The van der Waals surface area contributed by atoms with Gasteiger partial charge >= 0.3 is 0 Å². The largest absolute Gasteiger partial charge is 0.454 e. The summed E-state index contributed by atoms with van der Waals surface area (Å²) in [5.41, 5.74) is 2.77. The minimum absolute atomic E-state index is 0.0742. The van der Waals surface area contributed by atoms with Crippen molar-refractivity contribution in [2.45, 2.75) is 6.54 Å². The molecule has 4 rings (SSSR count). The number of nitrogens with one attached hydrogen (secondary N) is 1. The van der Waals surface area contributed by atoms with E-state index in [9.17, 15) is 10.1 Å². The van der Waals surface area contributed by atoms with Gasteiger partial charge in [0.05, 0.1) is 16.8 Å². The molecule has 0 bridgehead atoms. The topological polar surface area (TPSA) is 91.5 Å². The van der Waals surface area contributed by atoms with Crippen molar-refractivity contribution < 1.29 is 14.4 Å². The molecule has 26 heavy (non-hydrogen) atoms. The number of aromatic nitrogens is 2. The Bertz CT molecular complexity index is 983. The van der Waals surface area contributed by atoms with E-state index in [0.717, 1.165) is 28.3 Å². The third-order valence-corrected chi connectivity index (χ3v) is 4.23. The summed E-state index contributed by atoms with van der Waals surface area (Å²) in [5.74, 6) is 2.12. The lowest BCUT2D eigenvalue weighted by molar-refractivity contribution is -0.384. The van der Waals surface area contributed by atoms with Gasteiger partial charge in [0, 0.05) is 31.3 Å². The summed E-state index contributed by atoms with van der Waals surface area (Å²) < 4.78 is 12.7. The van der Waals surface area contributed by atoms with Crippen LogP contribution in [0.1, 0.15) is 5.56 Å². The summed E-state index contributed by atoms with van der Waals surface area (Å²) in [4.78, 5) is 14.9. The van der Waals surface area contributed by atoms with E-state index >= 15 is 0 Å². The number of imidazole rings is 1. The number of hydrogen-bond donors (Lipinski definition) is 1. The summed E-state index contributed by atoms with van der Waals surface area (Å²) >= 11 is 0. The van der Waals surface area contributed by atoms with Gasteiger partial charge in [0.2, 0.25) is 12.7 Å². The van der Waals surface area contributed by atoms with E-state index < -0.39 is 4.92 Å². The van der Waals surface area contributed by atoms with E-state index in [0.29, 0.717) is 12.5 Å². The Balaban J connectivity index is 1.53. The van der Waals surface area contributed by atoms with Crippen LogP contribution in [0.25, 0.3) is 11.3 Å². The fraction of sp³-hybridized carbons (Fsp3) is 0.167. The molecule has 1 aliphatic rings. The van der Waals surface area contributed by atoms with Gasteiger partial charge in [-0.25, -0.2) is 4.98 Å². The molecule has 0 saturated heterocycles. The zero-order valence-corrected chi connectivity index (χ0v) is 14.0. The number of hydrogen-bond acceptors (Lipinski definition) is 6. The van der Waals surface area contributed by atoms with Gasteiger partial charge in [-0.3, -0.25) is 10.1 Å². The van der Waals surface area contributed by atoms with Gasteiger partial charge in [-0.15, -0.1) is 0 Å². The van der Waals surface area contributed by atoms with E-state index in [2.05, 4.69) is 10.3 Å². The minimum Gasteiger partial charge on any atom is -0.454 e. The fourth-order valence-corrected chi connectivity index (χ4v) is 2.86. The van der Waals surface area contributed by atoms with Gasteiger partial charge in [0.25, 0.3) is 5.69 Å².